The average Bonchev–Trinajstić information content (AvgIpc) is 2.67. The van der Waals surface area contributed by atoms with Crippen molar-refractivity contribution in [1.82, 2.24) is 0 Å². The van der Waals surface area contributed by atoms with Crippen LogP contribution in [0.1, 0.15) is 72.6 Å². The summed E-state index contributed by atoms with van der Waals surface area (Å²) >= 11 is 4.08. The smallest absolute Gasteiger partial charge is 0.344 e. The molecule has 0 unspecified atom stereocenters. The third kappa shape index (κ3) is 20.6. The fourth-order valence-electron chi connectivity index (χ4n) is 2.26. The molecule has 0 atom stereocenters. The van der Waals surface area contributed by atoms with Crippen LogP contribution < -0.4 is 0 Å². The summed E-state index contributed by atoms with van der Waals surface area (Å²) in [5, 5.41) is 0. The number of unbranched alkanes of at least 4 members (excludes halogenated alkanes) is 7. The van der Waals surface area contributed by atoms with Gasteiger partial charge >= 0.3 is 5.97 Å². The maximum atomic E-state index is 11.3. The number of carbonyl (C=O) groups excluding carboxylic acids is 1. The number of hydrogen-bond donors (Lipinski definition) is 1. The highest BCUT2D eigenvalue weighted by Crippen LogP contribution is 2.08. The summed E-state index contributed by atoms with van der Waals surface area (Å²) in [6.45, 7) is 4.38. The molecule has 0 aliphatic heterocycles. The largest absolute Gasteiger partial charge is 0.462 e. The number of thiol groups is 1. The van der Waals surface area contributed by atoms with E-state index in [0.29, 0.717) is 11.5 Å². The van der Waals surface area contributed by atoms with Crippen LogP contribution >= 0.6 is 12.6 Å². The Balaban J connectivity index is 0. The molecule has 0 aliphatic rings. The highest BCUT2D eigenvalue weighted by atomic mass is 32.1. The van der Waals surface area contributed by atoms with Crippen LogP contribution in [0.15, 0.2) is 71.7 Å². The lowest BCUT2D eigenvalue weighted by Crippen LogP contribution is -2.03. The second-order valence-corrected chi connectivity index (χ2v) is 6.63. The van der Waals surface area contributed by atoms with Crippen LogP contribution in [0.4, 0.5) is 0 Å². The van der Waals surface area contributed by atoms with Gasteiger partial charge < -0.3 is 4.74 Å². The van der Waals surface area contributed by atoms with Crippen LogP contribution in [-0.2, 0) is 9.53 Å². The van der Waals surface area contributed by atoms with Crippen molar-refractivity contribution in [3.05, 3.63) is 71.7 Å². The molecular formula is C25H40O2S. The molecule has 0 N–H and O–H groups in total. The molecule has 0 aromatic heterocycles. The first-order chi connectivity index (χ1) is 13.2. The molecule has 0 heterocycles. The number of ether oxygens (including phenoxy) is 1. The number of hydrogen-bond acceptors (Lipinski definition) is 3. The van der Waals surface area contributed by atoms with Gasteiger partial charge in [-0.1, -0.05) is 114 Å². The lowest BCUT2D eigenvalue weighted by Gasteiger charge is -1.98. The Morgan fingerprint density at radius 3 is 1.82 bits per heavy atom. The van der Waals surface area contributed by atoms with Gasteiger partial charge in [-0.2, -0.15) is 0 Å². The average molecular weight is 405 g/mol. The Bertz CT molecular complexity index is 537. The Morgan fingerprint density at radius 2 is 1.25 bits per heavy atom. The Hall–Kier alpha value is -1.74. The summed E-state index contributed by atoms with van der Waals surface area (Å²) in [5.74, 6) is -0.403. The Labute approximate surface area is 179 Å². The maximum Gasteiger partial charge on any atom is 0.344 e. The first-order valence-corrected chi connectivity index (χ1v) is 10.6. The van der Waals surface area contributed by atoms with E-state index in [1.165, 1.54) is 51.4 Å². The molecule has 158 valence electrons. The van der Waals surface area contributed by atoms with E-state index in [-0.39, 0.29) is 7.43 Å². The first-order valence-electron chi connectivity index (χ1n) is 10.1. The van der Waals surface area contributed by atoms with Crippen LogP contribution in [0.25, 0.3) is 0 Å². The topological polar surface area (TPSA) is 26.3 Å². The minimum absolute atomic E-state index is 0. The number of rotatable bonds is 15. The van der Waals surface area contributed by atoms with Crippen LogP contribution in [0, 0.1) is 0 Å². The molecule has 0 aromatic rings. The van der Waals surface area contributed by atoms with Gasteiger partial charge in [0, 0.05) is 0 Å². The van der Waals surface area contributed by atoms with Crippen LogP contribution in [-0.4, -0.2) is 12.6 Å². The second kappa shape index (κ2) is 23.3. The van der Waals surface area contributed by atoms with Crippen molar-refractivity contribution in [3.8, 4) is 0 Å². The first kappa shape index (κ1) is 28.5. The van der Waals surface area contributed by atoms with Gasteiger partial charge in [0.2, 0.25) is 0 Å². The van der Waals surface area contributed by atoms with Gasteiger partial charge in [-0.25, -0.2) is 4.79 Å². The zero-order valence-corrected chi connectivity index (χ0v) is 17.9. The molecule has 28 heavy (non-hydrogen) atoms. The number of carbonyl (C=O) groups is 1. The zero-order chi connectivity index (χ0) is 20.0. The van der Waals surface area contributed by atoms with Gasteiger partial charge in [0.25, 0.3) is 0 Å². The fourth-order valence-corrected chi connectivity index (χ4v) is 2.41. The minimum Gasteiger partial charge on any atom is -0.462 e. The van der Waals surface area contributed by atoms with Crippen molar-refractivity contribution in [1.29, 1.82) is 0 Å². The zero-order valence-electron chi connectivity index (χ0n) is 17.0. The molecule has 0 radical (unpaired) electrons. The molecule has 0 amide bonds. The maximum absolute atomic E-state index is 11.3. The molecule has 0 saturated heterocycles. The van der Waals surface area contributed by atoms with E-state index in [1.807, 2.05) is 36.5 Å². The van der Waals surface area contributed by atoms with Crippen molar-refractivity contribution < 1.29 is 9.53 Å². The van der Waals surface area contributed by atoms with E-state index in [0.717, 1.165) is 0 Å². The van der Waals surface area contributed by atoms with E-state index in [2.05, 4.69) is 37.8 Å². The predicted octanol–water partition coefficient (Wildman–Crippen LogP) is 7.92. The van der Waals surface area contributed by atoms with Crippen molar-refractivity contribution in [2.45, 2.75) is 72.6 Å². The predicted molar refractivity (Wildman–Crippen MR) is 129 cm³/mol. The summed E-state index contributed by atoms with van der Waals surface area (Å²) in [5.41, 5.74) is 0. The van der Waals surface area contributed by atoms with Gasteiger partial charge in [-0.05, 0) is 25.8 Å². The molecular weight excluding hydrogens is 364 g/mol. The highest BCUT2D eigenvalue weighted by Gasteiger charge is 2.02. The lowest BCUT2D eigenvalue weighted by molar-refractivity contribution is -0.137. The third-order valence-corrected chi connectivity index (χ3v) is 4.07. The Kier molecular flexibility index (Phi) is 23.7. The SMILES string of the molecule is C.CCCCCCCCCC=CC=CC=CC=CC=CC=C(S)C(=O)OCC. The summed E-state index contributed by atoms with van der Waals surface area (Å²) in [6, 6.07) is 0. The lowest BCUT2D eigenvalue weighted by atomic mass is 10.1. The van der Waals surface area contributed by atoms with E-state index in [9.17, 15) is 4.79 Å². The summed E-state index contributed by atoms with van der Waals surface area (Å²) in [6.07, 6.45) is 32.1. The van der Waals surface area contributed by atoms with E-state index < -0.39 is 5.97 Å². The van der Waals surface area contributed by atoms with E-state index in [4.69, 9.17) is 4.74 Å². The van der Waals surface area contributed by atoms with Gasteiger partial charge in [-0.15, -0.1) is 12.6 Å². The van der Waals surface area contributed by atoms with Crippen molar-refractivity contribution in [2.75, 3.05) is 6.61 Å². The number of allylic oxidation sites excluding steroid dienone is 11. The van der Waals surface area contributed by atoms with Gasteiger partial charge in [0.05, 0.1) is 11.5 Å². The van der Waals surface area contributed by atoms with Crippen molar-refractivity contribution >= 4 is 18.6 Å². The normalized spacial score (nSPS) is 12.8. The summed E-state index contributed by atoms with van der Waals surface area (Å²) < 4.78 is 4.83. The standard InChI is InChI=1S/C24H36O2S.CH4/c1-3-5-6-7-8-9-10-11-12-13-14-15-16-17-18-19-20-21-22-23(27)24(25)26-4-2;/h12-22,27H,3-11H2,1-2H3;1H4. The fraction of sp³-hybridized carbons (Fsp3) is 0.480. The van der Waals surface area contributed by atoms with E-state index in [1.54, 1.807) is 19.1 Å². The summed E-state index contributed by atoms with van der Waals surface area (Å²) in [4.78, 5) is 11.6. The molecule has 3 heteroatoms. The van der Waals surface area contributed by atoms with E-state index >= 15 is 0 Å². The Morgan fingerprint density at radius 1 is 0.750 bits per heavy atom. The van der Waals surface area contributed by atoms with Gasteiger partial charge in [0.15, 0.2) is 0 Å². The molecule has 0 aliphatic carbocycles. The molecule has 2 nitrogen and oxygen atoms in total. The quantitative estimate of drug-likeness (QED) is 0.0986. The van der Waals surface area contributed by atoms with Gasteiger partial charge in [0.1, 0.15) is 0 Å². The van der Waals surface area contributed by atoms with Gasteiger partial charge in [-0.3, -0.25) is 0 Å². The molecule has 0 rings (SSSR count). The second-order valence-electron chi connectivity index (χ2n) is 6.15. The van der Waals surface area contributed by atoms with Crippen LogP contribution in [0.5, 0.6) is 0 Å². The minimum atomic E-state index is -0.403. The molecule has 0 spiro atoms. The third-order valence-electron chi connectivity index (χ3n) is 3.74. The van der Waals surface area contributed by atoms with Crippen LogP contribution in [0.2, 0.25) is 0 Å². The highest BCUT2D eigenvalue weighted by molar-refractivity contribution is 7.85. The van der Waals surface area contributed by atoms with Crippen molar-refractivity contribution in [2.24, 2.45) is 0 Å². The van der Waals surface area contributed by atoms with Crippen LogP contribution in [0.3, 0.4) is 0 Å². The molecule has 0 aromatic carbocycles. The molecule has 0 fully saturated rings. The monoisotopic (exact) mass is 404 g/mol. The number of esters is 1. The van der Waals surface area contributed by atoms with Crippen molar-refractivity contribution in [3.63, 3.8) is 0 Å². The summed E-state index contributed by atoms with van der Waals surface area (Å²) in [7, 11) is 0. The molecule has 0 bridgehead atoms. The molecule has 0 saturated carbocycles.